The average Bonchev–Trinajstić information content (AvgIpc) is 3.03. The van der Waals surface area contributed by atoms with Crippen LogP contribution in [0.5, 0.6) is 12.0 Å². The molecule has 2 aromatic carbocycles. The van der Waals surface area contributed by atoms with Crippen molar-refractivity contribution in [3.05, 3.63) is 66.3 Å². The van der Waals surface area contributed by atoms with E-state index in [1.807, 2.05) is 45.2 Å². The first-order valence-corrected chi connectivity index (χ1v) is 18.6. The van der Waals surface area contributed by atoms with E-state index in [-0.39, 0.29) is 65.1 Å². The molecule has 0 bridgehead atoms. The van der Waals surface area contributed by atoms with Gasteiger partial charge in [0, 0.05) is 7.14 Å². The van der Waals surface area contributed by atoms with Gasteiger partial charge in [-0.3, -0.25) is 10.6 Å². The number of halogens is 2. The second-order valence-electron chi connectivity index (χ2n) is 9.40. The number of benzene rings is 2. The van der Waals surface area contributed by atoms with Gasteiger partial charge in [-0.25, -0.2) is 45.5 Å². The van der Waals surface area contributed by atoms with Crippen LogP contribution in [0.2, 0.25) is 0 Å². The number of carboxylic acids is 2. The fraction of sp³-hybridized carbons (Fsp3) is 0.154. The topological polar surface area (TPSA) is 321 Å². The summed E-state index contributed by atoms with van der Waals surface area (Å²) in [6, 6.07) is 4.92. The van der Waals surface area contributed by atoms with Gasteiger partial charge in [-0.15, -0.1) is 0 Å². The van der Waals surface area contributed by atoms with E-state index >= 15 is 0 Å². The molecule has 0 aliphatic rings. The standard InChI is InChI=1S/2C13H12IN5O6S.Na.H/c2*1-6-15-11(18-13(16-6)25-2)17-12(22)19-26(23,24)9-5-7(14)3-4-8(9)10(20)21;;/h2*3-5H,1-2H3,(H,20,21)(H2,15,16,17,18,19,22);;. The third-order valence-electron chi connectivity index (χ3n) is 5.65. The summed E-state index contributed by atoms with van der Waals surface area (Å²) >= 11 is 3.65. The van der Waals surface area contributed by atoms with Crippen LogP contribution in [0.4, 0.5) is 21.5 Å². The van der Waals surface area contributed by atoms with Crippen molar-refractivity contribution in [1.29, 1.82) is 0 Å². The van der Waals surface area contributed by atoms with E-state index in [1.54, 1.807) is 9.44 Å². The molecule has 0 unspecified atom stereocenters. The van der Waals surface area contributed by atoms with E-state index in [0.717, 1.165) is 24.3 Å². The van der Waals surface area contributed by atoms with Crippen LogP contribution in [0.3, 0.4) is 0 Å². The van der Waals surface area contributed by atoms with E-state index in [0.29, 0.717) is 7.14 Å². The van der Waals surface area contributed by atoms with Crippen LogP contribution in [-0.4, -0.2) is 125 Å². The summed E-state index contributed by atoms with van der Waals surface area (Å²) in [5.41, 5.74) is -0.938. The van der Waals surface area contributed by atoms with Gasteiger partial charge in [0.2, 0.25) is 11.9 Å². The number of nitrogens with one attached hydrogen (secondary N) is 4. The third kappa shape index (κ3) is 13.1. The summed E-state index contributed by atoms with van der Waals surface area (Å²) in [5.74, 6) is -2.88. The number of carbonyl (C=O) groups is 4. The Bertz CT molecular complexity index is 2130. The SMILES string of the molecule is COc1nc(C)nc(NC(=O)NS(=O)(=O)c2cc(I)ccc2C(=O)O)n1.COc1nc(C)nc(NC(=O)NS(=O)(=O)c2cc(I)ccc2C(=O)O)n1.[NaH]. The molecule has 0 spiro atoms. The van der Waals surface area contributed by atoms with Crippen molar-refractivity contribution < 1.29 is 55.7 Å². The minimum atomic E-state index is -4.45. The number of aryl methyl sites for hydroxylation is 2. The Morgan fingerprint density at radius 2 is 0.962 bits per heavy atom. The van der Waals surface area contributed by atoms with Gasteiger partial charge in [-0.05, 0) is 95.4 Å². The van der Waals surface area contributed by atoms with Gasteiger partial charge < -0.3 is 19.7 Å². The minimum absolute atomic E-state index is 0. The van der Waals surface area contributed by atoms with Crippen LogP contribution < -0.4 is 29.6 Å². The number of anilines is 2. The maximum absolute atomic E-state index is 12.4. The van der Waals surface area contributed by atoms with E-state index in [2.05, 4.69) is 40.5 Å². The first-order valence-electron chi connectivity index (χ1n) is 13.5. The number of ether oxygens (including phenoxy) is 2. The third-order valence-corrected chi connectivity index (χ3v) is 9.73. The Kier molecular flexibility index (Phi) is 16.4. The molecule has 4 rings (SSSR count). The average molecular weight is 1010 g/mol. The van der Waals surface area contributed by atoms with Crippen molar-refractivity contribution in [2.24, 2.45) is 0 Å². The molecule has 0 saturated heterocycles. The molecule has 0 radical (unpaired) electrons. The Hall–Kier alpha value is -4.10. The summed E-state index contributed by atoms with van der Waals surface area (Å²) in [7, 11) is -6.28. The van der Waals surface area contributed by atoms with Crippen molar-refractivity contribution in [1.82, 2.24) is 39.3 Å². The zero-order chi connectivity index (χ0) is 39.0. The number of sulfonamides is 2. The molecule has 27 heteroatoms. The summed E-state index contributed by atoms with van der Waals surface area (Å²) in [6.45, 7) is 3.05. The number of carboxylic acid groups (broad SMARTS) is 2. The van der Waals surface area contributed by atoms with Gasteiger partial charge in [0.25, 0.3) is 20.0 Å². The summed E-state index contributed by atoms with van der Waals surface area (Å²) in [6.07, 6.45) is 0. The van der Waals surface area contributed by atoms with Crippen molar-refractivity contribution in [2.45, 2.75) is 23.6 Å². The zero-order valence-electron chi connectivity index (χ0n) is 26.7. The molecule has 0 aliphatic heterocycles. The number of aromatic nitrogens is 6. The number of urea groups is 2. The molecule has 6 N–H and O–H groups in total. The molecular weight excluding hydrogens is 985 g/mol. The number of rotatable bonds is 10. The van der Waals surface area contributed by atoms with Crippen molar-refractivity contribution >= 4 is 131 Å². The molecule has 53 heavy (non-hydrogen) atoms. The van der Waals surface area contributed by atoms with Crippen LogP contribution >= 0.6 is 45.2 Å². The quantitative estimate of drug-likeness (QED) is 0.0965. The van der Waals surface area contributed by atoms with Crippen LogP contribution in [0.15, 0.2) is 46.2 Å². The Balaban J connectivity index is 0.000000360. The van der Waals surface area contributed by atoms with Crippen molar-refractivity contribution in [3.63, 3.8) is 0 Å². The Morgan fingerprint density at radius 3 is 1.26 bits per heavy atom. The van der Waals surface area contributed by atoms with Crippen LogP contribution in [-0.2, 0) is 20.0 Å². The zero-order valence-corrected chi connectivity index (χ0v) is 32.6. The first kappa shape index (κ1) is 45.1. The fourth-order valence-corrected chi connectivity index (χ4v) is 7.28. The normalized spacial score (nSPS) is 10.7. The molecule has 4 aromatic rings. The molecule has 278 valence electrons. The van der Waals surface area contributed by atoms with Gasteiger partial charge in [-0.1, -0.05) is 0 Å². The first-order chi connectivity index (χ1) is 24.2. The molecule has 2 aromatic heterocycles. The number of methoxy groups -OCH3 is 2. The van der Waals surface area contributed by atoms with Crippen LogP contribution in [0, 0.1) is 21.0 Å². The number of hydrogen-bond acceptors (Lipinski definition) is 16. The fourth-order valence-electron chi connectivity index (χ4n) is 3.61. The summed E-state index contributed by atoms with van der Waals surface area (Å²) in [4.78, 5) is 68.1. The van der Waals surface area contributed by atoms with Crippen LogP contribution in [0.25, 0.3) is 0 Å². The van der Waals surface area contributed by atoms with Crippen molar-refractivity contribution in [3.8, 4) is 12.0 Å². The number of carbonyl (C=O) groups excluding carboxylic acids is 2. The Labute approximate surface area is 349 Å². The van der Waals surface area contributed by atoms with Gasteiger partial charge in [0.15, 0.2) is 0 Å². The van der Waals surface area contributed by atoms with Gasteiger partial charge in [-0.2, -0.15) is 29.9 Å². The second-order valence-corrected chi connectivity index (χ2v) is 15.2. The Morgan fingerprint density at radius 1 is 0.623 bits per heavy atom. The number of amides is 4. The maximum atomic E-state index is 12.4. The monoisotopic (exact) mass is 1010 g/mol. The molecular formula is C26H25I2N10NaO12S2. The predicted octanol–water partition coefficient (Wildman–Crippen LogP) is 1.36. The molecule has 22 nitrogen and oxygen atoms in total. The number of aromatic carboxylic acids is 2. The predicted molar refractivity (Wildman–Crippen MR) is 200 cm³/mol. The van der Waals surface area contributed by atoms with Crippen molar-refractivity contribution in [2.75, 3.05) is 24.9 Å². The van der Waals surface area contributed by atoms with Gasteiger partial charge in [0.05, 0.1) is 25.3 Å². The summed E-state index contributed by atoms with van der Waals surface area (Å²) in [5, 5.41) is 22.5. The number of hydrogen-bond donors (Lipinski definition) is 6. The summed E-state index contributed by atoms with van der Waals surface area (Å²) < 4.78 is 63.6. The van der Waals surface area contributed by atoms with E-state index in [4.69, 9.17) is 19.7 Å². The molecule has 0 saturated carbocycles. The molecule has 4 amide bonds. The second kappa shape index (κ2) is 19.3. The van der Waals surface area contributed by atoms with E-state index in [1.165, 1.54) is 40.2 Å². The molecule has 0 atom stereocenters. The number of nitrogens with zero attached hydrogens (tertiary/aromatic N) is 6. The molecule has 2 heterocycles. The molecule has 0 aliphatic carbocycles. The van der Waals surface area contributed by atoms with E-state index in [9.17, 15) is 36.0 Å². The molecule has 0 fully saturated rings. The van der Waals surface area contributed by atoms with E-state index < -0.39 is 65.0 Å². The van der Waals surface area contributed by atoms with Gasteiger partial charge in [0.1, 0.15) is 21.4 Å². The van der Waals surface area contributed by atoms with Gasteiger partial charge >= 0.3 is 65.6 Å². The van der Waals surface area contributed by atoms with Crippen LogP contribution in [0.1, 0.15) is 32.4 Å².